The molecule has 2 bridgehead atoms. The first kappa shape index (κ1) is 12.4. The van der Waals surface area contributed by atoms with Gasteiger partial charge in [0.15, 0.2) is 0 Å². The standard InChI is InChI=1S/C15H19ClFN/c16-14-8-12(17)3-4-13(14)15(18)7-11-6-9-1-2-10(11)5-9/h3-4,8-11,15H,1-2,5-7,18H2. The predicted octanol–water partition coefficient (Wildman–Crippen LogP) is 4.31. The van der Waals surface area contributed by atoms with Gasteiger partial charge in [0.2, 0.25) is 0 Å². The summed E-state index contributed by atoms with van der Waals surface area (Å²) in [6.07, 6.45) is 6.51. The zero-order chi connectivity index (χ0) is 12.7. The summed E-state index contributed by atoms with van der Waals surface area (Å²) in [5.74, 6) is 2.27. The molecule has 4 unspecified atom stereocenters. The molecule has 0 saturated heterocycles. The number of halogens is 2. The van der Waals surface area contributed by atoms with Crippen LogP contribution in [0.15, 0.2) is 18.2 Å². The first-order chi connectivity index (χ1) is 8.63. The van der Waals surface area contributed by atoms with Crippen molar-refractivity contribution >= 4 is 11.6 Å². The summed E-state index contributed by atoms with van der Waals surface area (Å²) in [4.78, 5) is 0. The van der Waals surface area contributed by atoms with Crippen LogP contribution in [0.3, 0.4) is 0 Å². The van der Waals surface area contributed by atoms with Crippen molar-refractivity contribution in [3.8, 4) is 0 Å². The smallest absolute Gasteiger partial charge is 0.124 e. The van der Waals surface area contributed by atoms with Crippen molar-refractivity contribution in [3.63, 3.8) is 0 Å². The number of hydrogen-bond donors (Lipinski definition) is 1. The minimum absolute atomic E-state index is 0.0533. The van der Waals surface area contributed by atoms with E-state index in [0.717, 1.165) is 29.7 Å². The second-order valence-electron chi connectivity index (χ2n) is 5.94. The number of benzene rings is 1. The fraction of sp³-hybridized carbons (Fsp3) is 0.600. The van der Waals surface area contributed by atoms with E-state index in [1.54, 1.807) is 6.07 Å². The van der Waals surface area contributed by atoms with Crippen molar-refractivity contribution in [1.29, 1.82) is 0 Å². The van der Waals surface area contributed by atoms with Gasteiger partial charge in [0.25, 0.3) is 0 Å². The Morgan fingerprint density at radius 3 is 2.78 bits per heavy atom. The second-order valence-corrected chi connectivity index (χ2v) is 6.35. The molecule has 0 aliphatic heterocycles. The van der Waals surface area contributed by atoms with Gasteiger partial charge >= 0.3 is 0 Å². The number of fused-ring (bicyclic) bond motifs is 2. The molecule has 0 radical (unpaired) electrons. The van der Waals surface area contributed by atoms with Crippen molar-refractivity contribution < 1.29 is 4.39 Å². The Hall–Kier alpha value is -0.600. The van der Waals surface area contributed by atoms with Crippen molar-refractivity contribution in [2.75, 3.05) is 0 Å². The van der Waals surface area contributed by atoms with Crippen LogP contribution < -0.4 is 5.73 Å². The van der Waals surface area contributed by atoms with Crippen LogP contribution in [0.4, 0.5) is 4.39 Å². The Balaban J connectivity index is 1.69. The molecule has 2 aliphatic rings. The maximum Gasteiger partial charge on any atom is 0.124 e. The molecule has 2 N–H and O–H groups in total. The lowest BCUT2D eigenvalue weighted by atomic mass is 9.83. The van der Waals surface area contributed by atoms with Gasteiger partial charge < -0.3 is 5.73 Å². The van der Waals surface area contributed by atoms with Gasteiger partial charge in [-0.3, -0.25) is 0 Å². The van der Waals surface area contributed by atoms with Crippen LogP contribution in [0, 0.1) is 23.6 Å². The van der Waals surface area contributed by atoms with Gasteiger partial charge in [0, 0.05) is 11.1 Å². The lowest BCUT2D eigenvalue weighted by Gasteiger charge is -2.25. The highest BCUT2D eigenvalue weighted by atomic mass is 35.5. The molecule has 2 aliphatic carbocycles. The highest BCUT2D eigenvalue weighted by Crippen LogP contribution is 2.50. The van der Waals surface area contributed by atoms with Gasteiger partial charge in [0.05, 0.1) is 0 Å². The summed E-state index contributed by atoms with van der Waals surface area (Å²) < 4.78 is 13.0. The van der Waals surface area contributed by atoms with Gasteiger partial charge in [-0.05, 0) is 61.1 Å². The van der Waals surface area contributed by atoms with Crippen LogP contribution in [0.5, 0.6) is 0 Å². The summed E-state index contributed by atoms with van der Waals surface area (Å²) in [7, 11) is 0. The quantitative estimate of drug-likeness (QED) is 0.868. The lowest BCUT2D eigenvalue weighted by molar-refractivity contribution is 0.296. The van der Waals surface area contributed by atoms with Gasteiger partial charge in [-0.15, -0.1) is 0 Å². The third-order valence-electron chi connectivity index (χ3n) is 4.80. The minimum atomic E-state index is -0.295. The van der Waals surface area contributed by atoms with Gasteiger partial charge in [-0.25, -0.2) is 4.39 Å². The molecule has 1 nitrogen and oxygen atoms in total. The maximum absolute atomic E-state index is 13.0. The Morgan fingerprint density at radius 2 is 2.17 bits per heavy atom. The zero-order valence-electron chi connectivity index (χ0n) is 10.4. The van der Waals surface area contributed by atoms with E-state index in [4.69, 9.17) is 17.3 Å². The Kier molecular flexibility index (Phi) is 3.33. The number of rotatable bonds is 3. The van der Waals surface area contributed by atoms with Crippen LogP contribution in [0.1, 0.15) is 43.7 Å². The van der Waals surface area contributed by atoms with Crippen molar-refractivity contribution in [2.24, 2.45) is 23.5 Å². The van der Waals surface area contributed by atoms with Crippen molar-refractivity contribution in [3.05, 3.63) is 34.6 Å². The summed E-state index contributed by atoms with van der Waals surface area (Å²) in [5.41, 5.74) is 7.14. The van der Waals surface area contributed by atoms with Crippen LogP contribution >= 0.6 is 11.6 Å². The predicted molar refractivity (Wildman–Crippen MR) is 71.9 cm³/mol. The Morgan fingerprint density at radius 1 is 1.33 bits per heavy atom. The monoisotopic (exact) mass is 267 g/mol. The largest absolute Gasteiger partial charge is 0.324 e. The molecule has 18 heavy (non-hydrogen) atoms. The molecule has 2 fully saturated rings. The Labute approximate surface area is 113 Å². The topological polar surface area (TPSA) is 26.0 Å². The van der Waals surface area contributed by atoms with E-state index < -0.39 is 0 Å². The highest BCUT2D eigenvalue weighted by Gasteiger charge is 2.39. The van der Waals surface area contributed by atoms with E-state index >= 15 is 0 Å². The number of hydrogen-bond acceptors (Lipinski definition) is 1. The van der Waals surface area contributed by atoms with Crippen molar-refractivity contribution in [2.45, 2.75) is 38.1 Å². The van der Waals surface area contributed by atoms with E-state index in [-0.39, 0.29) is 11.9 Å². The summed E-state index contributed by atoms with van der Waals surface area (Å²) >= 11 is 6.07. The van der Waals surface area contributed by atoms with Gasteiger partial charge in [-0.2, -0.15) is 0 Å². The molecule has 3 rings (SSSR count). The van der Waals surface area contributed by atoms with Crippen LogP contribution in [0.2, 0.25) is 5.02 Å². The molecule has 2 saturated carbocycles. The lowest BCUT2D eigenvalue weighted by Crippen LogP contribution is -2.19. The molecular weight excluding hydrogens is 249 g/mol. The first-order valence-electron chi connectivity index (χ1n) is 6.84. The summed E-state index contributed by atoms with van der Waals surface area (Å²) in [6.45, 7) is 0. The number of nitrogens with two attached hydrogens (primary N) is 1. The molecular formula is C15H19ClFN. The van der Waals surface area contributed by atoms with Crippen LogP contribution in [-0.2, 0) is 0 Å². The third-order valence-corrected chi connectivity index (χ3v) is 5.13. The molecule has 3 heteroatoms. The molecule has 0 heterocycles. The fourth-order valence-corrected chi connectivity index (χ4v) is 4.23. The molecule has 0 spiro atoms. The second kappa shape index (κ2) is 4.82. The van der Waals surface area contributed by atoms with Gasteiger partial charge in [-0.1, -0.05) is 24.1 Å². The van der Waals surface area contributed by atoms with Crippen LogP contribution in [0.25, 0.3) is 0 Å². The molecule has 0 amide bonds. The Bertz CT molecular complexity index is 448. The minimum Gasteiger partial charge on any atom is -0.324 e. The normalized spacial score (nSPS) is 31.8. The summed E-state index contributed by atoms with van der Waals surface area (Å²) in [5, 5.41) is 0.464. The van der Waals surface area contributed by atoms with E-state index in [9.17, 15) is 4.39 Å². The van der Waals surface area contributed by atoms with E-state index in [2.05, 4.69) is 0 Å². The third kappa shape index (κ3) is 2.28. The maximum atomic E-state index is 13.0. The molecule has 98 valence electrons. The molecule has 0 aromatic heterocycles. The van der Waals surface area contributed by atoms with Crippen molar-refractivity contribution in [1.82, 2.24) is 0 Å². The average molecular weight is 268 g/mol. The molecule has 1 aromatic rings. The zero-order valence-corrected chi connectivity index (χ0v) is 11.2. The SMILES string of the molecule is NC(CC1CC2CCC1C2)c1ccc(F)cc1Cl. The summed E-state index contributed by atoms with van der Waals surface area (Å²) in [6, 6.07) is 4.48. The van der Waals surface area contributed by atoms with E-state index in [1.807, 2.05) is 0 Å². The fourth-order valence-electron chi connectivity index (χ4n) is 3.92. The van der Waals surface area contributed by atoms with Crippen LogP contribution in [-0.4, -0.2) is 0 Å². The van der Waals surface area contributed by atoms with E-state index in [0.29, 0.717) is 5.02 Å². The average Bonchev–Trinajstić information content (AvgIpc) is 2.90. The molecule has 1 aromatic carbocycles. The molecule has 4 atom stereocenters. The highest BCUT2D eigenvalue weighted by molar-refractivity contribution is 6.31. The van der Waals surface area contributed by atoms with Gasteiger partial charge in [0.1, 0.15) is 5.82 Å². The van der Waals surface area contributed by atoms with E-state index in [1.165, 1.54) is 37.8 Å². The first-order valence-corrected chi connectivity index (χ1v) is 7.22.